The minimum Gasteiger partial charge on any atom is -0.449 e. The maximum atomic E-state index is 12.2. The van der Waals surface area contributed by atoms with E-state index in [1.54, 1.807) is 18.2 Å². The lowest BCUT2D eigenvalue weighted by Crippen LogP contribution is -2.30. The Kier molecular flexibility index (Phi) is 5.86. The fourth-order valence-corrected chi connectivity index (χ4v) is 2.60. The lowest BCUT2D eigenvalue weighted by atomic mass is 10.1. The molecule has 6 heteroatoms. The standard InChI is InChI=1S/C18H17Cl2NO3/c1-10-4-6-14(11(2)8-10)18(23)24-12(3)17(22)21-16-7-5-13(19)9-15(16)20/h4-9,12H,1-3H3,(H,21,22)/t12-/m0/s1. The van der Waals surface area contributed by atoms with Crippen molar-refractivity contribution in [2.75, 3.05) is 5.32 Å². The van der Waals surface area contributed by atoms with Gasteiger partial charge in [0.15, 0.2) is 6.10 Å². The largest absolute Gasteiger partial charge is 0.449 e. The molecule has 0 saturated carbocycles. The number of carbonyl (C=O) groups is 2. The van der Waals surface area contributed by atoms with E-state index >= 15 is 0 Å². The molecule has 0 aliphatic carbocycles. The van der Waals surface area contributed by atoms with Gasteiger partial charge in [-0.3, -0.25) is 4.79 Å². The van der Waals surface area contributed by atoms with Crippen molar-refractivity contribution in [2.45, 2.75) is 26.9 Å². The summed E-state index contributed by atoms with van der Waals surface area (Å²) >= 11 is 11.8. The van der Waals surface area contributed by atoms with Crippen LogP contribution in [-0.4, -0.2) is 18.0 Å². The number of carbonyl (C=O) groups excluding carboxylic acids is 2. The van der Waals surface area contributed by atoms with Crippen LogP contribution in [0.15, 0.2) is 36.4 Å². The number of esters is 1. The highest BCUT2D eigenvalue weighted by molar-refractivity contribution is 6.36. The van der Waals surface area contributed by atoms with Crippen LogP contribution in [0, 0.1) is 13.8 Å². The highest BCUT2D eigenvalue weighted by atomic mass is 35.5. The van der Waals surface area contributed by atoms with Crippen molar-refractivity contribution in [2.24, 2.45) is 0 Å². The van der Waals surface area contributed by atoms with Gasteiger partial charge in [-0.05, 0) is 50.6 Å². The zero-order chi connectivity index (χ0) is 17.9. The maximum absolute atomic E-state index is 12.2. The third-order valence-corrected chi connectivity index (χ3v) is 3.99. The number of hydrogen-bond donors (Lipinski definition) is 1. The molecule has 4 nitrogen and oxygen atoms in total. The molecule has 0 fully saturated rings. The molecule has 0 aromatic heterocycles. The van der Waals surface area contributed by atoms with Gasteiger partial charge in [0, 0.05) is 5.02 Å². The van der Waals surface area contributed by atoms with Crippen molar-refractivity contribution in [3.05, 3.63) is 63.1 Å². The van der Waals surface area contributed by atoms with E-state index in [-0.39, 0.29) is 0 Å². The number of hydrogen-bond acceptors (Lipinski definition) is 3. The zero-order valence-corrected chi connectivity index (χ0v) is 15.0. The zero-order valence-electron chi connectivity index (χ0n) is 13.5. The Morgan fingerprint density at radius 3 is 2.42 bits per heavy atom. The maximum Gasteiger partial charge on any atom is 0.339 e. The summed E-state index contributed by atoms with van der Waals surface area (Å²) in [6.07, 6.45) is -0.968. The van der Waals surface area contributed by atoms with E-state index in [2.05, 4.69) is 5.32 Å². The van der Waals surface area contributed by atoms with Crippen LogP contribution in [-0.2, 0) is 9.53 Å². The van der Waals surface area contributed by atoms with E-state index in [1.807, 2.05) is 26.0 Å². The van der Waals surface area contributed by atoms with Crippen molar-refractivity contribution in [3.8, 4) is 0 Å². The number of rotatable bonds is 4. The molecule has 0 spiro atoms. The molecule has 2 aromatic carbocycles. The van der Waals surface area contributed by atoms with Crippen molar-refractivity contribution >= 4 is 40.8 Å². The highest BCUT2D eigenvalue weighted by Gasteiger charge is 2.20. The van der Waals surface area contributed by atoms with Crippen molar-refractivity contribution in [3.63, 3.8) is 0 Å². The van der Waals surface area contributed by atoms with E-state index in [0.717, 1.165) is 11.1 Å². The predicted octanol–water partition coefficient (Wildman–Crippen LogP) is 4.79. The summed E-state index contributed by atoms with van der Waals surface area (Å²) in [6.45, 7) is 5.26. The summed E-state index contributed by atoms with van der Waals surface area (Å²) in [4.78, 5) is 24.4. The molecule has 1 N–H and O–H groups in total. The first-order valence-corrected chi connectivity index (χ1v) is 8.07. The summed E-state index contributed by atoms with van der Waals surface area (Å²) < 4.78 is 5.23. The smallest absolute Gasteiger partial charge is 0.339 e. The monoisotopic (exact) mass is 365 g/mol. The van der Waals surface area contributed by atoms with Crippen LogP contribution in [0.1, 0.15) is 28.4 Å². The summed E-state index contributed by atoms with van der Waals surface area (Å²) in [6, 6.07) is 10.1. The minimum absolute atomic E-state index is 0.309. The fourth-order valence-electron chi connectivity index (χ4n) is 2.15. The first kappa shape index (κ1) is 18.3. The first-order valence-electron chi connectivity index (χ1n) is 7.32. The number of nitrogens with one attached hydrogen (secondary N) is 1. The van der Waals surface area contributed by atoms with Crippen molar-refractivity contribution in [1.29, 1.82) is 0 Å². The minimum atomic E-state index is -0.968. The second kappa shape index (κ2) is 7.69. The number of ether oxygens (including phenoxy) is 1. The number of halogens is 2. The highest BCUT2D eigenvalue weighted by Crippen LogP contribution is 2.25. The van der Waals surface area contributed by atoms with E-state index in [0.29, 0.717) is 21.3 Å². The average Bonchev–Trinajstić information content (AvgIpc) is 2.49. The summed E-state index contributed by atoms with van der Waals surface area (Å²) in [5.74, 6) is -1.02. The molecule has 126 valence electrons. The Hall–Kier alpha value is -2.04. The lowest BCUT2D eigenvalue weighted by molar-refractivity contribution is -0.123. The molecule has 0 aliphatic rings. The van der Waals surface area contributed by atoms with Gasteiger partial charge in [-0.2, -0.15) is 0 Å². The summed E-state index contributed by atoms with van der Waals surface area (Å²) in [5, 5.41) is 3.39. The molecular formula is C18H17Cl2NO3. The van der Waals surface area contributed by atoms with Gasteiger partial charge in [0.1, 0.15) is 0 Å². The average molecular weight is 366 g/mol. The fraction of sp³-hybridized carbons (Fsp3) is 0.222. The molecule has 0 unspecified atom stereocenters. The predicted molar refractivity (Wildman–Crippen MR) is 95.9 cm³/mol. The van der Waals surface area contributed by atoms with Crippen LogP contribution in [0.2, 0.25) is 10.0 Å². The van der Waals surface area contributed by atoms with Crippen LogP contribution in [0.3, 0.4) is 0 Å². The number of anilines is 1. The topological polar surface area (TPSA) is 55.4 Å². The Morgan fingerprint density at radius 1 is 1.08 bits per heavy atom. The number of aryl methyl sites for hydroxylation is 2. The summed E-state index contributed by atoms with van der Waals surface area (Å²) in [7, 11) is 0. The Balaban J connectivity index is 2.04. The van der Waals surface area contributed by atoms with Crippen LogP contribution in [0.5, 0.6) is 0 Å². The van der Waals surface area contributed by atoms with Gasteiger partial charge < -0.3 is 10.1 Å². The van der Waals surface area contributed by atoms with Gasteiger partial charge >= 0.3 is 5.97 Å². The SMILES string of the molecule is Cc1ccc(C(=O)O[C@@H](C)C(=O)Nc2ccc(Cl)cc2Cl)c(C)c1. The summed E-state index contributed by atoms with van der Waals surface area (Å²) in [5.41, 5.74) is 2.69. The van der Waals surface area contributed by atoms with Crippen LogP contribution in [0.4, 0.5) is 5.69 Å². The molecule has 0 radical (unpaired) electrons. The van der Waals surface area contributed by atoms with Gasteiger partial charge in [0.25, 0.3) is 5.91 Å². The third kappa shape index (κ3) is 4.49. The van der Waals surface area contributed by atoms with Gasteiger partial charge in [-0.15, -0.1) is 0 Å². The molecular weight excluding hydrogens is 349 g/mol. The van der Waals surface area contributed by atoms with Gasteiger partial charge in [-0.1, -0.05) is 40.9 Å². The lowest BCUT2D eigenvalue weighted by Gasteiger charge is -2.15. The number of benzene rings is 2. The second-order valence-corrected chi connectivity index (χ2v) is 6.32. The van der Waals surface area contributed by atoms with E-state index in [4.69, 9.17) is 27.9 Å². The quantitative estimate of drug-likeness (QED) is 0.792. The van der Waals surface area contributed by atoms with Gasteiger partial charge in [-0.25, -0.2) is 4.79 Å². The van der Waals surface area contributed by atoms with Crippen LogP contribution < -0.4 is 5.32 Å². The van der Waals surface area contributed by atoms with Crippen LogP contribution in [0.25, 0.3) is 0 Å². The molecule has 2 rings (SSSR count). The van der Waals surface area contributed by atoms with Crippen molar-refractivity contribution in [1.82, 2.24) is 0 Å². The van der Waals surface area contributed by atoms with Gasteiger partial charge in [0.2, 0.25) is 0 Å². The normalized spacial score (nSPS) is 11.7. The molecule has 0 heterocycles. The molecule has 0 aliphatic heterocycles. The molecule has 1 atom stereocenters. The second-order valence-electron chi connectivity index (χ2n) is 5.48. The van der Waals surface area contributed by atoms with E-state index < -0.39 is 18.0 Å². The van der Waals surface area contributed by atoms with E-state index in [1.165, 1.54) is 13.0 Å². The molecule has 1 amide bonds. The molecule has 0 bridgehead atoms. The van der Waals surface area contributed by atoms with Gasteiger partial charge in [0.05, 0.1) is 16.3 Å². The molecule has 0 saturated heterocycles. The Bertz CT molecular complexity index is 790. The molecule has 24 heavy (non-hydrogen) atoms. The van der Waals surface area contributed by atoms with Crippen molar-refractivity contribution < 1.29 is 14.3 Å². The third-order valence-electron chi connectivity index (χ3n) is 3.44. The van der Waals surface area contributed by atoms with Crippen LogP contribution >= 0.6 is 23.2 Å². The molecule has 2 aromatic rings. The number of amides is 1. The Morgan fingerprint density at radius 2 is 1.79 bits per heavy atom. The first-order chi connectivity index (χ1) is 11.3. The van der Waals surface area contributed by atoms with E-state index in [9.17, 15) is 9.59 Å². The Labute approximate surface area is 150 Å².